The highest BCUT2D eigenvalue weighted by Crippen LogP contribution is 2.32. The normalized spacial score (nSPS) is 11.8. The molecule has 2 aromatic heterocycles. The summed E-state index contributed by atoms with van der Waals surface area (Å²) >= 11 is 5.79. The Bertz CT molecular complexity index is 591. The Kier molecular flexibility index (Phi) is 2.94. The first-order valence-electron chi connectivity index (χ1n) is 4.84. The summed E-state index contributed by atoms with van der Waals surface area (Å²) in [7, 11) is 0. The van der Waals surface area contributed by atoms with E-state index in [0.29, 0.717) is 17.6 Å². The summed E-state index contributed by atoms with van der Waals surface area (Å²) in [5.41, 5.74) is 5.65. The van der Waals surface area contributed by atoms with Crippen LogP contribution >= 0.6 is 11.6 Å². The van der Waals surface area contributed by atoms with Gasteiger partial charge < -0.3 is 5.73 Å². The van der Waals surface area contributed by atoms with Crippen molar-refractivity contribution in [1.82, 2.24) is 14.8 Å². The van der Waals surface area contributed by atoms with Gasteiger partial charge in [0.2, 0.25) is 0 Å². The van der Waals surface area contributed by atoms with Gasteiger partial charge in [-0.3, -0.25) is 0 Å². The standard InChI is InChI=1S/C10H8ClF3N4/c1-5-8(15)4-17-18(5)9-7(11)2-6(3-16-9)10(12,13)14/h2-4H,15H2,1H3. The Hall–Kier alpha value is -1.76. The van der Waals surface area contributed by atoms with Crippen LogP contribution in [-0.4, -0.2) is 14.8 Å². The summed E-state index contributed by atoms with van der Waals surface area (Å²) in [4.78, 5) is 3.68. The number of pyridine rings is 1. The van der Waals surface area contributed by atoms with Crippen LogP contribution in [0.25, 0.3) is 5.82 Å². The van der Waals surface area contributed by atoms with Crippen molar-refractivity contribution in [2.45, 2.75) is 13.1 Å². The highest BCUT2D eigenvalue weighted by Gasteiger charge is 2.31. The van der Waals surface area contributed by atoms with Crippen molar-refractivity contribution in [2.24, 2.45) is 0 Å². The maximum atomic E-state index is 12.4. The van der Waals surface area contributed by atoms with Crippen LogP contribution in [0.5, 0.6) is 0 Å². The van der Waals surface area contributed by atoms with E-state index in [1.54, 1.807) is 6.92 Å². The van der Waals surface area contributed by atoms with Crippen molar-refractivity contribution in [2.75, 3.05) is 5.73 Å². The van der Waals surface area contributed by atoms with Crippen molar-refractivity contribution in [1.29, 1.82) is 0 Å². The van der Waals surface area contributed by atoms with Crippen LogP contribution in [0.2, 0.25) is 5.02 Å². The second-order valence-corrected chi connectivity index (χ2v) is 4.03. The van der Waals surface area contributed by atoms with Crippen LogP contribution in [0, 0.1) is 6.92 Å². The molecule has 96 valence electrons. The molecule has 0 amide bonds. The molecule has 0 aromatic carbocycles. The molecule has 0 aliphatic heterocycles. The van der Waals surface area contributed by atoms with Crippen molar-refractivity contribution >= 4 is 17.3 Å². The van der Waals surface area contributed by atoms with Gasteiger partial charge in [-0.15, -0.1) is 0 Å². The van der Waals surface area contributed by atoms with Gasteiger partial charge in [0.15, 0.2) is 5.82 Å². The van der Waals surface area contributed by atoms with Gasteiger partial charge in [-0.1, -0.05) is 11.6 Å². The lowest BCUT2D eigenvalue weighted by molar-refractivity contribution is -0.137. The number of hydrogen-bond donors (Lipinski definition) is 1. The first-order chi connectivity index (χ1) is 8.30. The van der Waals surface area contributed by atoms with Gasteiger partial charge >= 0.3 is 6.18 Å². The number of halogens is 4. The van der Waals surface area contributed by atoms with Gasteiger partial charge in [0, 0.05) is 6.20 Å². The first kappa shape index (κ1) is 12.7. The summed E-state index contributed by atoms with van der Waals surface area (Å²) in [6.45, 7) is 1.66. The van der Waals surface area contributed by atoms with E-state index in [-0.39, 0.29) is 10.8 Å². The second kappa shape index (κ2) is 4.16. The molecule has 0 bridgehead atoms. The number of nitrogens with zero attached hydrogens (tertiary/aromatic N) is 3. The molecule has 8 heteroatoms. The number of anilines is 1. The molecule has 0 saturated heterocycles. The average molecular weight is 277 g/mol. The minimum Gasteiger partial charge on any atom is -0.396 e. The number of nitrogen functional groups attached to an aromatic ring is 1. The van der Waals surface area contributed by atoms with Gasteiger partial charge in [0.05, 0.1) is 28.2 Å². The van der Waals surface area contributed by atoms with Gasteiger partial charge in [-0.25, -0.2) is 9.67 Å². The third-order valence-electron chi connectivity index (χ3n) is 2.40. The van der Waals surface area contributed by atoms with Crippen LogP contribution in [0.3, 0.4) is 0 Å². The summed E-state index contributed by atoms with van der Waals surface area (Å²) in [5.74, 6) is 0.110. The molecule has 2 heterocycles. The molecule has 0 spiro atoms. The van der Waals surface area contributed by atoms with Crippen LogP contribution in [0.4, 0.5) is 18.9 Å². The van der Waals surface area contributed by atoms with Crippen LogP contribution < -0.4 is 5.73 Å². The molecule has 0 aliphatic carbocycles. The molecule has 2 N–H and O–H groups in total. The maximum absolute atomic E-state index is 12.4. The predicted molar refractivity (Wildman–Crippen MR) is 60.5 cm³/mol. The lowest BCUT2D eigenvalue weighted by atomic mass is 10.3. The molecule has 0 saturated carbocycles. The number of rotatable bonds is 1. The number of nitrogens with two attached hydrogens (primary N) is 1. The SMILES string of the molecule is Cc1c(N)cnn1-c1ncc(C(F)(F)F)cc1Cl. The Balaban J connectivity index is 2.52. The monoisotopic (exact) mass is 276 g/mol. The van der Waals surface area contributed by atoms with Gasteiger partial charge in [-0.2, -0.15) is 18.3 Å². The molecule has 0 atom stereocenters. The summed E-state index contributed by atoms with van der Waals surface area (Å²) in [6, 6.07) is 0.807. The predicted octanol–water partition coefficient (Wildman–Crippen LogP) is 2.83. The largest absolute Gasteiger partial charge is 0.417 e. The lowest BCUT2D eigenvalue weighted by Gasteiger charge is -2.10. The summed E-state index contributed by atoms with van der Waals surface area (Å²) in [6.07, 6.45) is -2.39. The molecular formula is C10H8ClF3N4. The first-order valence-corrected chi connectivity index (χ1v) is 5.21. The van der Waals surface area contributed by atoms with Gasteiger partial charge in [0.25, 0.3) is 0 Å². The van der Waals surface area contributed by atoms with E-state index in [1.165, 1.54) is 10.9 Å². The van der Waals surface area contributed by atoms with Gasteiger partial charge in [0.1, 0.15) is 0 Å². The number of hydrogen-bond acceptors (Lipinski definition) is 3. The van der Waals surface area contributed by atoms with Gasteiger partial charge in [-0.05, 0) is 13.0 Å². The topological polar surface area (TPSA) is 56.7 Å². The Labute approximate surface area is 105 Å². The smallest absolute Gasteiger partial charge is 0.396 e. The molecule has 0 fully saturated rings. The van der Waals surface area contributed by atoms with Crippen LogP contribution in [-0.2, 0) is 6.18 Å². The van der Waals surface area contributed by atoms with E-state index in [2.05, 4.69) is 10.1 Å². The zero-order chi connectivity index (χ0) is 13.5. The summed E-state index contributed by atoms with van der Waals surface area (Å²) in [5, 5.41) is 3.76. The zero-order valence-corrected chi connectivity index (χ0v) is 9.92. The Morgan fingerprint density at radius 1 is 1.33 bits per heavy atom. The van der Waals surface area contributed by atoms with E-state index >= 15 is 0 Å². The number of alkyl halides is 3. The zero-order valence-electron chi connectivity index (χ0n) is 9.16. The van der Waals surface area contributed by atoms with Crippen LogP contribution in [0.1, 0.15) is 11.3 Å². The maximum Gasteiger partial charge on any atom is 0.417 e. The van der Waals surface area contributed by atoms with E-state index in [4.69, 9.17) is 17.3 Å². The fourth-order valence-corrected chi connectivity index (χ4v) is 1.62. The fourth-order valence-electron chi connectivity index (χ4n) is 1.38. The van der Waals surface area contributed by atoms with E-state index in [1.807, 2.05) is 0 Å². The molecule has 18 heavy (non-hydrogen) atoms. The van der Waals surface area contributed by atoms with Crippen molar-refractivity contribution in [3.8, 4) is 5.82 Å². The molecule has 2 aromatic rings. The molecule has 0 radical (unpaired) electrons. The third-order valence-corrected chi connectivity index (χ3v) is 2.68. The van der Waals surface area contributed by atoms with E-state index in [9.17, 15) is 13.2 Å². The minimum atomic E-state index is -4.48. The van der Waals surface area contributed by atoms with Crippen molar-refractivity contribution in [3.63, 3.8) is 0 Å². The summed E-state index contributed by atoms with van der Waals surface area (Å²) < 4.78 is 38.6. The van der Waals surface area contributed by atoms with E-state index in [0.717, 1.165) is 6.07 Å². The highest BCUT2D eigenvalue weighted by atomic mass is 35.5. The average Bonchev–Trinajstić information content (AvgIpc) is 2.59. The molecule has 0 aliphatic rings. The van der Waals surface area contributed by atoms with Crippen molar-refractivity contribution in [3.05, 3.63) is 34.7 Å². The molecule has 4 nitrogen and oxygen atoms in total. The second-order valence-electron chi connectivity index (χ2n) is 3.62. The van der Waals surface area contributed by atoms with E-state index < -0.39 is 11.7 Å². The highest BCUT2D eigenvalue weighted by molar-refractivity contribution is 6.32. The molecular weight excluding hydrogens is 269 g/mol. The minimum absolute atomic E-state index is 0.110. The van der Waals surface area contributed by atoms with Crippen LogP contribution in [0.15, 0.2) is 18.5 Å². The molecule has 2 rings (SSSR count). The quantitative estimate of drug-likeness (QED) is 0.871. The van der Waals surface area contributed by atoms with Crippen molar-refractivity contribution < 1.29 is 13.2 Å². The third kappa shape index (κ3) is 2.13. The Morgan fingerprint density at radius 2 is 2.00 bits per heavy atom. The Morgan fingerprint density at radius 3 is 2.44 bits per heavy atom. The molecule has 0 unspecified atom stereocenters. The lowest BCUT2D eigenvalue weighted by Crippen LogP contribution is -2.09. The fraction of sp³-hybridized carbons (Fsp3) is 0.200. The number of aromatic nitrogens is 3.